The van der Waals surface area contributed by atoms with Crippen molar-refractivity contribution in [3.8, 4) is 0 Å². The third-order valence-electron chi connectivity index (χ3n) is 5.11. The van der Waals surface area contributed by atoms with Gasteiger partial charge in [-0.25, -0.2) is 0 Å². The molecule has 4 nitrogen and oxygen atoms in total. The van der Waals surface area contributed by atoms with Crippen molar-refractivity contribution >= 4 is 23.4 Å². The van der Waals surface area contributed by atoms with Crippen LogP contribution in [0.3, 0.4) is 0 Å². The molecule has 2 fully saturated rings. The standard InChI is InChI=1S/C17H18ClF3N2O2/c1-22-7-2-5-16(15(22)25)6-8-23(10-16)14(24)12-9-11(17(19,20)21)3-4-13(12)18/h3-4,9H,2,5-8,10H2,1H3. The number of nitrogens with zero attached hydrogens (tertiary/aromatic N) is 2. The summed E-state index contributed by atoms with van der Waals surface area (Å²) in [6, 6.07) is 2.72. The van der Waals surface area contributed by atoms with E-state index in [-0.39, 0.29) is 23.0 Å². The summed E-state index contributed by atoms with van der Waals surface area (Å²) in [7, 11) is 1.73. The predicted molar refractivity (Wildman–Crippen MR) is 86.3 cm³/mol. The van der Waals surface area contributed by atoms with Gasteiger partial charge in [0.25, 0.3) is 5.91 Å². The monoisotopic (exact) mass is 374 g/mol. The van der Waals surface area contributed by atoms with Gasteiger partial charge in [0, 0.05) is 26.7 Å². The fourth-order valence-electron chi connectivity index (χ4n) is 3.73. The highest BCUT2D eigenvalue weighted by molar-refractivity contribution is 6.33. The lowest BCUT2D eigenvalue weighted by atomic mass is 9.78. The number of alkyl halides is 3. The van der Waals surface area contributed by atoms with E-state index in [9.17, 15) is 22.8 Å². The lowest BCUT2D eigenvalue weighted by molar-refractivity contribution is -0.143. The van der Waals surface area contributed by atoms with Gasteiger partial charge in [0.05, 0.1) is 21.6 Å². The molecule has 0 bridgehead atoms. The number of amides is 2. The van der Waals surface area contributed by atoms with E-state index in [0.717, 1.165) is 24.6 Å². The Kier molecular flexibility index (Phi) is 4.47. The molecular weight excluding hydrogens is 357 g/mol. The fourth-order valence-corrected chi connectivity index (χ4v) is 3.93. The van der Waals surface area contributed by atoms with Crippen molar-refractivity contribution in [3.05, 3.63) is 34.3 Å². The van der Waals surface area contributed by atoms with Crippen LogP contribution in [-0.4, -0.2) is 48.3 Å². The van der Waals surface area contributed by atoms with Crippen molar-refractivity contribution in [2.45, 2.75) is 25.4 Å². The number of hydrogen-bond acceptors (Lipinski definition) is 2. The van der Waals surface area contributed by atoms with Crippen molar-refractivity contribution in [2.75, 3.05) is 26.7 Å². The van der Waals surface area contributed by atoms with Gasteiger partial charge in [-0.05, 0) is 37.5 Å². The number of piperidine rings is 1. The number of rotatable bonds is 1. The van der Waals surface area contributed by atoms with Gasteiger partial charge >= 0.3 is 6.18 Å². The van der Waals surface area contributed by atoms with Crippen LogP contribution in [0.2, 0.25) is 5.02 Å². The molecule has 3 rings (SSSR count). The first kappa shape index (κ1) is 18.0. The maximum absolute atomic E-state index is 12.9. The van der Waals surface area contributed by atoms with Crippen LogP contribution in [0.25, 0.3) is 0 Å². The number of likely N-dealkylation sites (tertiary alicyclic amines) is 2. The Hall–Kier alpha value is -1.76. The minimum Gasteiger partial charge on any atom is -0.345 e. The van der Waals surface area contributed by atoms with Gasteiger partial charge in [-0.2, -0.15) is 13.2 Å². The maximum Gasteiger partial charge on any atom is 0.416 e. The molecule has 1 aromatic carbocycles. The number of carbonyl (C=O) groups excluding carboxylic acids is 2. The zero-order valence-electron chi connectivity index (χ0n) is 13.7. The molecule has 1 aromatic rings. The third-order valence-corrected chi connectivity index (χ3v) is 5.44. The fraction of sp³-hybridized carbons (Fsp3) is 0.529. The molecule has 25 heavy (non-hydrogen) atoms. The van der Waals surface area contributed by atoms with Gasteiger partial charge in [0.1, 0.15) is 0 Å². The van der Waals surface area contributed by atoms with Crippen LogP contribution in [0.15, 0.2) is 18.2 Å². The molecule has 2 amide bonds. The molecule has 0 saturated carbocycles. The highest BCUT2D eigenvalue weighted by atomic mass is 35.5. The van der Waals surface area contributed by atoms with Crippen molar-refractivity contribution in [3.63, 3.8) is 0 Å². The Morgan fingerprint density at radius 1 is 1.24 bits per heavy atom. The quantitative estimate of drug-likeness (QED) is 0.755. The molecule has 1 spiro atoms. The smallest absolute Gasteiger partial charge is 0.345 e. The lowest BCUT2D eigenvalue weighted by Crippen LogP contribution is -2.48. The molecule has 2 aliphatic heterocycles. The van der Waals surface area contributed by atoms with Crippen molar-refractivity contribution in [2.24, 2.45) is 5.41 Å². The van der Waals surface area contributed by atoms with Gasteiger partial charge in [0.15, 0.2) is 0 Å². The van der Waals surface area contributed by atoms with E-state index in [1.807, 2.05) is 0 Å². The Labute approximate surface area is 148 Å². The van der Waals surface area contributed by atoms with E-state index in [4.69, 9.17) is 11.6 Å². The van der Waals surface area contributed by atoms with Crippen LogP contribution >= 0.6 is 11.6 Å². The van der Waals surface area contributed by atoms with Gasteiger partial charge in [-0.3, -0.25) is 9.59 Å². The first-order chi connectivity index (χ1) is 11.6. The zero-order valence-corrected chi connectivity index (χ0v) is 14.5. The summed E-state index contributed by atoms with van der Waals surface area (Å²) < 4.78 is 38.7. The summed E-state index contributed by atoms with van der Waals surface area (Å²) in [6.45, 7) is 1.25. The topological polar surface area (TPSA) is 40.6 Å². The van der Waals surface area contributed by atoms with E-state index in [1.54, 1.807) is 11.9 Å². The lowest BCUT2D eigenvalue weighted by Gasteiger charge is -2.37. The van der Waals surface area contributed by atoms with E-state index >= 15 is 0 Å². The number of carbonyl (C=O) groups is 2. The molecule has 136 valence electrons. The zero-order chi connectivity index (χ0) is 18.4. The second-order valence-corrected chi connectivity index (χ2v) is 7.19. The molecule has 2 heterocycles. The van der Waals surface area contributed by atoms with Crippen LogP contribution in [-0.2, 0) is 11.0 Å². The first-order valence-corrected chi connectivity index (χ1v) is 8.43. The largest absolute Gasteiger partial charge is 0.416 e. The van der Waals surface area contributed by atoms with Crippen LogP contribution in [0.4, 0.5) is 13.2 Å². The van der Waals surface area contributed by atoms with Crippen molar-refractivity contribution in [1.82, 2.24) is 9.80 Å². The molecule has 0 N–H and O–H groups in total. The Morgan fingerprint density at radius 2 is 1.96 bits per heavy atom. The van der Waals surface area contributed by atoms with Crippen molar-refractivity contribution < 1.29 is 22.8 Å². The Balaban J connectivity index is 1.84. The second-order valence-electron chi connectivity index (χ2n) is 6.78. The molecule has 0 radical (unpaired) electrons. The van der Waals surface area contributed by atoms with E-state index in [2.05, 4.69) is 0 Å². The van der Waals surface area contributed by atoms with Gasteiger partial charge in [-0.1, -0.05) is 11.6 Å². The van der Waals surface area contributed by atoms with E-state index < -0.39 is 23.1 Å². The third kappa shape index (κ3) is 3.21. The van der Waals surface area contributed by atoms with Crippen LogP contribution in [0.5, 0.6) is 0 Å². The van der Waals surface area contributed by atoms with Crippen LogP contribution in [0, 0.1) is 5.41 Å². The summed E-state index contributed by atoms with van der Waals surface area (Å²) in [5.74, 6) is -0.557. The summed E-state index contributed by atoms with van der Waals surface area (Å²) >= 11 is 5.96. The molecule has 1 unspecified atom stereocenters. The average molecular weight is 375 g/mol. The highest BCUT2D eigenvalue weighted by Crippen LogP contribution is 2.40. The SMILES string of the molecule is CN1CCCC2(CCN(C(=O)c3cc(C(F)(F)F)ccc3Cl)C2)C1=O. The molecule has 0 aliphatic carbocycles. The normalized spacial score (nSPS) is 24.3. The number of benzene rings is 1. The Morgan fingerprint density at radius 3 is 2.64 bits per heavy atom. The Bertz CT molecular complexity index is 722. The molecule has 2 saturated heterocycles. The molecule has 0 aromatic heterocycles. The number of halogens is 4. The molecular formula is C17H18ClF3N2O2. The highest BCUT2D eigenvalue weighted by Gasteiger charge is 2.48. The van der Waals surface area contributed by atoms with Gasteiger partial charge in [-0.15, -0.1) is 0 Å². The molecule has 1 atom stereocenters. The summed E-state index contributed by atoms with van der Waals surface area (Å²) in [5.41, 5.74) is -1.70. The predicted octanol–water partition coefficient (Wildman–Crippen LogP) is 3.44. The molecule has 8 heteroatoms. The van der Waals surface area contributed by atoms with Gasteiger partial charge in [0.2, 0.25) is 5.91 Å². The molecule has 2 aliphatic rings. The van der Waals surface area contributed by atoms with Crippen molar-refractivity contribution in [1.29, 1.82) is 0 Å². The van der Waals surface area contributed by atoms with Crippen LogP contribution in [0.1, 0.15) is 35.2 Å². The minimum atomic E-state index is -4.55. The maximum atomic E-state index is 12.9. The summed E-state index contributed by atoms with van der Waals surface area (Å²) in [4.78, 5) is 28.3. The summed E-state index contributed by atoms with van der Waals surface area (Å²) in [6.07, 6.45) is -2.47. The van der Waals surface area contributed by atoms with Crippen LogP contribution < -0.4 is 0 Å². The minimum absolute atomic E-state index is 0.00388. The number of hydrogen-bond donors (Lipinski definition) is 0. The van der Waals surface area contributed by atoms with Gasteiger partial charge < -0.3 is 9.80 Å². The summed E-state index contributed by atoms with van der Waals surface area (Å²) in [5, 5.41) is -0.0222. The first-order valence-electron chi connectivity index (χ1n) is 8.06. The van der Waals surface area contributed by atoms with E-state index in [0.29, 0.717) is 25.9 Å². The second kappa shape index (κ2) is 6.20. The average Bonchev–Trinajstić information content (AvgIpc) is 2.96. The van der Waals surface area contributed by atoms with E-state index in [1.165, 1.54) is 4.90 Å².